The molecule has 386 valence electrons. The van der Waals surface area contributed by atoms with Gasteiger partial charge in [-0.15, -0.1) is 11.3 Å². The number of likely N-dealkylation sites (tertiary alicyclic amines) is 1. The maximum atomic E-state index is 14.1. The minimum atomic E-state index is -4.62. The van der Waals surface area contributed by atoms with Gasteiger partial charge in [0.1, 0.15) is 18.7 Å². The molecule has 6 aromatic rings. The first kappa shape index (κ1) is 52.8. The first-order valence-corrected chi connectivity index (χ1v) is 25.0. The zero-order chi connectivity index (χ0) is 52.0. The third-order valence-electron chi connectivity index (χ3n) is 13.1. The van der Waals surface area contributed by atoms with Crippen molar-refractivity contribution in [3.8, 4) is 16.1 Å². The summed E-state index contributed by atoms with van der Waals surface area (Å²) in [5.41, 5.74) is 6.35. The van der Waals surface area contributed by atoms with E-state index >= 15 is 0 Å². The van der Waals surface area contributed by atoms with Crippen molar-refractivity contribution in [2.45, 2.75) is 78.2 Å². The zero-order valence-electron chi connectivity index (χ0n) is 41.1. The number of thiazole rings is 1. The van der Waals surface area contributed by atoms with Gasteiger partial charge in [0.15, 0.2) is 0 Å². The number of β-amino-alcohol motifs (C(OH)–C–C–N with tert-alkyl or cyclic N) is 1. The standard InChI is InChI=1S/C53H60F3N9O7S/c1-33-46(73-32-58-33)37-13-8-34(9-14-37)27-57-49(70)44-26-41(67)29-64(44)50(71)47(52(2,3)4)60-45(68)31-72-23-22-62-18-20-63(21-19-62)28-36-12-17-43-42(24-36)59-51(65(43)40-15-10-35(30-66)11-16-40)61-48(69)38-6-5-7-39(25-38)53(54,55)56/h5-17,24-25,32,41,44,47,66-67H,18-23,26-31H2,1-4H3,(H,57,70)(H,60,68)(H,59,61,69)/t41-,44+,47-/m1/s1. The lowest BCUT2D eigenvalue weighted by Gasteiger charge is -2.35. The number of amides is 4. The Kier molecular flexibility index (Phi) is 16.4. The van der Waals surface area contributed by atoms with Crippen LogP contribution in [-0.4, -0.2) is 134 Å². The average molecular weight is 1020 g/mol. The number of alkyl halides is 3. The maximum absolute atomic E-state index is 14.1. The molecule has 2 aliphatic rings. The van der Waals surface area contributed by atoms with E-state index < -0.39 is 53.1 Å². The van der Waals surface area contributed by atoms with Gasteiger partial charge in [-0.25, -0.2) is 9.97 Å². The van der Waals surface area contributed by atoms with Crippen LogP contribution in [0.2, 0.25) is 0 Å². The predicted molar refractivity (Wildman–Crippen MR) is 271 cm³/mol. The molecule has 0 saturated carbocycles. The Morgan fingerprint density at radius 3 is 2.26 bits per heavy atom. The van der Waals surface area contributed by atoms with Gasteiger partial charge in [-0.2, -0.15) is 13.2 Å². The third kappa shape index (κ3) is 13.0. The molecule has 16 nitrogen and oxygen atoms in total. The fourth-order valence-corrected chi connectivity index (χ4v) is 9.91. The normalized spacial score (nSPS) is 17.2. The van der Waals surface area contributed by atoms with Gasteiger partial charge in [0.25, 0.3) is 5.91 Å². The van der Waals surface area contributed by atoms with Gasteiger partial charge in [-0.05, 0) is 77.1 Å². The summed E-state index contributed by atoms with van der Waals surface area (Å²) in [4.78, 5) is 70.2. The Labute approximate surface area is 425 Å². The topological polar surface area (TPSA) is 194 Å². The monoisotopic (exact) mass is 1020 g/mol. The van der Waals surface area contributed by atoms with Crippen LogP contribution < -0.4 is 16.0 Å². The minimum Gasteiger partial charge on any atom is -0.392 e. The number of carbonyl (C=O) groups is 4. The van der Waals surface area contributed by atoms with E-state index in [4.69, 9.17) is 9.72 Å². The smallest absolute Gasteiger partial charge is 0.392 e. The van der Waals surface area contributed by atoms with Crippen molar-refractivity contribution in [3.63, 3.8) is 0 Å². The molecule has 4 aromatic carbocycles. The highest BCUT2D eigenvalue weighted by molar-refractivity contribution is 7.13. The van der Waals surface area contributed by atoms with E-state index in [0.717, 1.165) is 65.6 Å². The molecule has 0 aliphatic carbocycles. The lowest BCUT2D eigenvalue weighted by Crippen LogP contribution is -2.58. The van der Waals surface area contributed by atoms with Crippen molar-refractivity contribution >= 4 is 51.9 Å². The van der Waals surface area contributed by atoms with E-state index in [0.29, 0.717) is 35.4 Å². The van der Waals surface area contributed by atoms with E-state index in [2.05, 4.69) is 30.7 Å². The highest BCUT2D eigenvalue weighted by atomic mass is 32.1. The third-order valence-corrected chi connectivity index (χ3v) is 14.1. The summed E-state index contributed by atoms with van der Waals surface area (Å²) in [6.07, 6.45) is -5.43. The van der Waals surface area contributed by atoms with Crippen LogP contribution in [-0.2, 0) is 45.0 Å². The quantitative estimate of drug-likeness (QED) is 0.0657. The average Bonchev–Trinajstić information content (AvgIpc) is 4.09. The lowest BCUT2D eigenvalue weighted by molar-refractivity contribution is -0.144. The highest BCUT2D eigenvalue weighted by Crippen LogP contribution is 2.32. The number of aryl methyl sites for hydroxylation is 1. The number of aliphatic hydroxyl groups is 2. The number of benzene rings is 4. The van der Waals surface area contributed by atoms with Crippen molar-refractivity contribution in [2.24, 2.45) is 5.41 Å². The van der Waals surface area contributed by atoms with Crippen LogP contribution in [0.3, 0.4) is 0 Å². The molecule has 0 bridgehead atoms. The van der Waals surface area contributed by atoms with E-state index in [1.54, 1.807) is 45.7 Å². The molecule has 0 unspecified atom stereocenters. The number of aromatic nitrogens is 3. The summed E-state index contributed by atoms with van der Waals surface area (Å²) in [6.45, 7) is 11.7. The molecule has 2 saturated heterocycles. The molecule has 0 radical (unpaired) electrons. The Balaban J connectivity index is 0.808. The summed E-state index contributed by atoms with van der Waals surface area (Å²) >= 11 is 1.56. The number of ether oxygens (including phenoxy) is 1. The van der Waals surface area contributed by atoms with Crippen molar-refractivity contribution in [1.82, 2.24) is 39.9 Å². The molecular formula is C53H60F3N9O7S. The Morgan fingerprint density at radius 2 is 1.59 bits per heavy atom. The number of nitrogens with zero attached hydrogens (tertiary/aromatic N) is 6. The number of nitrogens with one attached hydrogen (secondary N) is 3. The van der Waals surface area contributed by atoms with Gasteiger partial charge in [0.05, 0.1) is 52.0 Å². The van der Waals surface area contributed by atoms with E-state index in [-0.39, 0.29) is 56.7 Å². The molecule has 2 fully saturated rings. The van der Waals surface area contributed by atoms with Crippen LogP contribution in [0.5, 0.6) is 0 Å². The van der Waals surface area contributed by atoms with E-state index in [1.807, 2.05) is 70.2 Å². The van der Waals surface area contributed by atoms with Crippen molar-refractivity contribution < 1.29 is 47.3 Å². The number of hydrogen-bond donors (Lipinski definition) is 5. The summed E-state index contributed by atoms with van der Waals surface area (Å²) in [5.74, 6) is -1.94. The number of rotatable bonds is 17. The maximum Gasteiger partial charge on any atom is 0.416 e. The molecule has 2 aromatic heterocycles. The van der Waals surface area contributed by atoms with Gasteiger partial charge in [-0.3, -0.25) is 38.9 Å². The van der Waals surface area contributed by atoms with Crippen molar-refractivity contribution in [3.05, 3.63) is 130 Å². The number of piperazine rings is 1. The Morgan fingerprint density at radius 1 is 0.890 bits per heavy atom. The van der Waals surface area contributed by atoms with Gasteiger partial charge in [-0.1, -0.05) is 69.3 Å². The fraction of sp³-hybridized carbons (Fsp3) is 0.396. The van der Waals surface area contributed by atoms with Crippen molar-refractivity contribution in [2.75, 3.05) is 57.8 Å². The number of anilines is 1. The number of hydrogen-bond acceptors (Lipinski definition) is 12. The zero-order valence-corrected chi connectivity index (χ0v) is 41.9. The van der Waals surface area contributed by atoms with Gasteiger partial charge >= 0.3 is 6.18 Å². The van der Waals surface area contributed by atoms with Gasteiger partial charge < -0.3 is 30.5 Å². The Hall–Kier alpha value is -6.55. The molecule has 4 amide bonds. The van der Waals surface area contributed by atoms with Crippen LogP contribution in [0.4, 0.5) is 19.1 Å². The highest BCUT2D eigenvalue weighted by Gasteiger charge is 2.44. The summed E-state index contributed by atoms with van der Waals surface area (Å²) in [7, 11) is 0. The van der Waals surface area contributed by atoms with E-state index in [9.17, 15) is 42.6 Å². The fourth-order valence-electron chi connectivity index (χ4n) is 9.10. The Bertz CT molecular complexity index is 2910. The van der Waals surface area contributed by atoms with Crippen LogP contribution in [0, 0.1) is 12.3 Å². The number of aliphatic hydroxyl groups excluding tert-OH is 2. The summed E-state index contributed by atoms with van der Waals surface area (Å²) < 4.78 is 47.9. The van der Waals surface area contributed by atoms with Crippen LogP contribution in [0.25, 0.3) is 27.2 Å². The second-order valence-corrected chi connectivity index (χ2v) is 20.4. The second kappa shape index (κ2) is 22.7. The molecule has 4 heterocycles. The molecule has 2 aliphatic heterocycles. The second-order valence-electron chi connectivity index (χ2n) is 19.6. The van der Waals surface area contributed by atoms with Crippen LogP contribution in [0.1, 0.15) is 65.5 Å². The molecule has 8 rings (SSSR count). The first-order chi connectivity index (χ1) is 34.8. The van der Waals surface area contributed by atoms with Crippen molar-refractivity contribution in [1.29, 1.82) is 0 Å². The predicted octanol–water partition coefficient (Wildman–Crippen LogP) is 6.16. The molecule has 3 atom stereocenters. The van der Waals surface area contributed by atoms with E-state index in [1.165, 1.54) is 17.0 Å². The molecule has 5 N–H and O–H groups in total. The summed E-state index contributed by atoms with van der Waals surface area (Å²) in [6, 6.07) is 22.9. The molecular weight excluding hydrogens is 964 g/mol. The summed E-state index contributed by atoms with van der Waals surface area (Å²) in [5, 5.41) is 28.7. The number of halogens is 3. The number of carbonyl (C=O) groups excluding carboxylic acids is 4. The minimum absolute atomic E-state index is 0.0332. The molecule has 20 heteroatoms. The molecule has 73 heavy (non-hydrogen) atoms. The van der Waals surface area contributed by atoms with Crippen LogP contribution >= 0.6 is 11.3 Å². The SMILES string of the molecule is Cc1ncsc1-c1ccc(CNC(=O)[C@@H]2C[C@@H](O)CN2C(=O)[C@@H](NC(=O)COCCN2CCN(Cc3ccc4c(c3)nc(NC(=O)c3cccc(C(F)(F)F)c3)n4-c3ccc(CO)cc3)CC2)C(C)(C)C)cc1. The van der Waals surface area contributed by atoms with Gasteiger partial charge in [0, 0.05) is 70.0 Å². The van der Waals surface area contributed by atoms with Crippen LogP contribution in [0.15, 0.2) is 96.5 Å². The first-order valence-electron chi connectivity index (χ1n) is 24.1. The lowest BCUT2D eigenvalue weighted by atomic mass is 9.85. The number of imidazole rings is 1. The molecule has 0 spiro atoms. The largest absolute Gasteiger partial charge is 0.416 e. The number of fused-ring (bicyclic) bond motifs is 1. The van der Waals surface area contributed by atoms with Gasteiger partial charge in [0.2, 0.25) is 23.7 Å².